The number of amides is 3. The second-order valence-corrected chi connectivity index (χ2v) is 11.0. The summed E-state index contributed by atoms with van der Waals surface area (Å²) < 4.78 is 18.1. The molecule has 38 heavy (non-hydrogen) atoms. The fraction of sp³-hybridized carbons (Fsp3) is 0.0833. The molecule has 0 bridgehead atoms. The molecule has 0 radical (unpaired) electrons. The van der Waals surface area contributed by atoms with E-state index in [0.29, 0.717) is 10.0 Å². The third kappa shape index (κ3) is 6.79. The van der Waals surface area contributed by atoms with E-state index in [1.54, 1.807) is 6.07 Å². The van der Waals surface area contributed by atoms with Crippen molar-refractivity contribution < 1.29 is 18.6 Å². The van der Waals surface area contributed by atoms with E-state index in [1.165, 1.54) is 78.3 Å². The highest BCUT2D eigenvalue weighted by atomic mass is 35.5. The molecule has 2 aromatic heterocycles. The van der Waals surface area contributed by atoms with Crippen molar-refractivity contribution in [3.63, 3.8) is 0 Å². The molecule has 0 spiro atoms. The molecule has 11 nitrogen and oxygen atoms in total. The molecular weight excluding hydrogens is 553 g/mol. The largest absolute Gasteiger partial charge is 0.321 e. The number of nitrogens with one attached hydrogen (secondary N) is 2. The van der Waals surface area contributed by atoms with Crippen LogP contribution in [0.1, 0.15) is 20.7 Å². The smallest absolute Gasteiger partial charge is 0.275 e. The molecule has 194 valence electrons. The lowest BCUT2D eigenvalue weighted by atomic mass is 10.1. The van der Waals surface area contributed by atoms with Crippen LogP contribution >= 0.6 is 23.2 Å². The summed E-state index contributed by atoms with van der Waals surface area (Å²) in [5.41, 5.74) is 0.544. The summed E-state index contributed by atoms with van der Waals surface area (Å²) in [7, 11) is -3.07. The Bertz CT molecular complexity index is 1620. The van der Waals surface area contributed by atoms with E-state index >= 15 is 0 Å². The van der Waals surface area contributed by atoms with Gasteiger partial charge in [-0.2, -0.15) is 9.46 Å². The highest BCUT2D eigenvalue weighted by Crippen LogP contribution is 2.23. The molecule has 2 heterocycles. The van der Waals surface area contributed by atoms with Crippen molar-refractivity contribution in [2.75, 3.05) is 16.9 Å². The minimum atomic E-state index is -3.07. The first kappa shape index (κ1) is 26.9. The molecule has 1 unspecified atom stereocenters. The summed E-state index contributed by atoms with van der Waals surface area (Å²) in [5, 5.41) is 9.83. The molecule has 0 saturated heterocycles. The molecule has 3 amide bonds. The first-order valence-electron chi connectivity index (χ1n) is 10.8. The number of rotatable bonds is 7. The van der Waals surface area contributed by atoms with Gasteiger partial charge >= 0.3 is 0 Å². The Morgan fingerprint density at radius 1 is 0.974 bits per heavy atom. The summed E-state index contributed by atoms with van der Waals surface area (Å²) in [6.07, 6.45) is 5.34. The van der Waals surface area contributed by atoms with Crippen LogP contribution in [0.15, 0.2) is 82.7 Å². The molecule has 2 aromatic carbocycles. The van der Waals surface area contributed by atoms with Crippen LogP contribution < -0.4 is 10.6 Å². The van der Waals surface area contributed by atoms with E-state index in [9.17, 15) is 18.6 Å². The van der Waals surface area contributed by atoms with Crippen molar-refractivity contribution in [2.45, 2.75) is 11.4 Å². The lowest BCUT2D eigenvalue weighted by Gasteiger charge is -2.12. The van der Waals surface area contributed by atoms with Crippen molar-refractivity contribution in [1.29, 1.82) is 0 Å². The van der Waals surface area contributed by atoms with Crippen molar-refractivity contribution in [2.24, 2.45) is 4.36 Å². The van der Waals surface area contributed by atoms with Crippen LogP contribution in [0.3, 0.4) is 0 Å². The van der Waals surface area contributed by atoms with Gasteiger partial charge in [-0.05, 0) is 54.6 Å². The number of anilines is 2. The minimum absolute atomic E-state index is 0.112. The molecular formula is C24H19Cl2N7O4S. The topological polar surface area (TPSA) is 148 Å². The molecule has 1 atom stereocenters. The van der Waals surface area contributed by atoms with E-state index in [-0.39, 0.29) is 34.1 Å². The second kappa shape index (κ2) is 11.5. The van der Waals surface area contributed by atoms with Gasteiger partial charge in [-0.15, -0.1) is 0 Å². The average molecular weight is 572 g/mol. The fourth-order valence-corrected chi connectivity index (χ4v) is 4.71. The number of carbonyl (C=O) groups is 3. The molecule has 0 aliphatic heterocycles. The third-order valence-corrected chi connectivity index (χ3v) is 7.19. The summed E-state index contributed by atoms with van der Waals surface area (Å²) in [6.45, 7) is -0.198. The highest BCUT2D eigenvalue weighted by molar-refractivity contribution is 7.93. The van der Waals surface area contributed by atoms with Gasteiger partial charge in [-0.1, -0.05) is 23.2 Å². The van der Waals surface area contributed by atoms with Gasteiger partial charge in [0.05, 0.1) is 26.0 Å². The van der Waals surface area contributed by atoms with Gasteiger partial charge in [0.25, 0.3) is 17.7 Å². The standard InChI is InChI=1S/C24H19Cl2N7O4S/c1-38(37,32-22(34)12-33-14-27-13-29-33)18-6-2-15(3-7-18)23(35)30-20-8-4-16(25)10-19(20)24(36)31-21-9-5-17(26)11-28-21/h2-11,13-14H,12H2,1H3,(H,30,35)(H,28,31,36). The summed E-state index contributed by atoms with van der Waals surface area (Å²) >= 11 is 11.9. The number of halogens is 2. The normalized spacial score (nSPS) is 12.3. The number of carbonyl (C=O) groups excluding carboxylic acids is 3. The van der Waals surface area contributed by atoms with Gasteiger partial charge in [0.2, 0.25) is 0 Å². The van der Waals surface area contributed by atoms with Crippen LogP contribution in [0.25, 0.3) is 0 Å². The molecule has 0 aliphatic carbocycles. The summed E-state index contributed by atoms with van der Waals surface area (Å²) in [6, 6.07) is 13.3. The van der Waals surface area contributed by atoms with Gasteiger partial charge in [0.15, 0.2) is 0 Å². The Morgan fingerprint density at radius 2 is 1.71 bits per heavy atom. The van der Waals surface area contributed by atoms with Gasteiger partial charge in [0.1, 0.15) is 25.0 Å². The van der Waals surface area contributed by atoms with Crippen LogP contribution in [0.4, 0.5) is 11.5 Å². The maximum atomic E-state index is 13.0. The highest BCUT2D eigenvalue weighted by Gasteiger charge is 2.17. The molecule has 0 fully saturated rings. The van der Waals surface area contributed by atoms with Crippen molar-refractivity contribution in [1.82, 2.24) is 19.7 Å². The molecule has 4 rings (SSSR count). The van der Waals surface area contributed by atoms with E-state index in [1.807, 2.05) is 0 Å². The Morgan fingerprint density at radius 3 is 2.37 bits per heavy atom. The predicted molar refractivity (Wildman–Crippen MR) is 143 cm³/mol. The number of hydrogen-bond donors (Lipinski definition) is 2. The van der Waals surface area contributed by atoms with Crippen LogP contribution in [0.5, 0.6) is 0 Å². The zero-order valence-electron chi connectivity index (χ0n) is 19.7. The Balaban J connectivity index is 1.49. The maximum absolute atomic E-state index is 13.0. The van der Waals surface area contributed by atoms with Gasteiger partial charge in [-0.25, -0.2) is 18.9 Å². The van der Waals surface area contributed by atoms with Crippen molar-refractivity contribution in [3.05, 3.63) is 94.6 Å². The molecule has 4 aromatic rings. The van der Waals surface area contributed by atoms with E-state index in [4.69, 9.17) is 23.2 Å². The molecule has 0 saturated carbocycles. The Labute approximate surface area is 227 Å². The average Bonchev–Trinajstić information content (AvgIpc) is 3.39. The molecule has 14 heteroatoms. The van der Waals surface area contributed by atoms with Crippen molar-refractivity contribution >= 4 is 62.2 Å². The van der Waals surface area contributed by atoms with Crippen molar-refractivity contribution in [3.8, 4) is 0 Å². The number of nitrogens with zero attached hydrogens (tertiary/aromatic N) is 5. The molecule has 0 aliphatic rings. The van der Waals surface area contributed by atoms with Gasteiger partial charge < -0.3 is 10.6 Å². The number of pyridine rings is 1. The number of hydrogen-bond acceptors (Lipinski definition) is 7. The van der Waals surface area contributed by atoms with Crippen LogP contribution in [-0.2, 0) is 21.1 Å². The minimum Gasteiger partial charge on any atom is -0.321 e. The lowest BCUT2D eigenvalue weighted by molar-refractivity contribution is -0.118. The monoisotopic (exact) mass is 571 g/mol. The third-order valence-electron chi connectivity index (χ3n) is 5.04. The summed E-state index contributed by atoms with van der Waals surface area (Å²) in [4.78, 5) is 46.0. The zero-order valence-corrected chi connectivity index (χ0v) is 22.0. The van der Waals surface area contributed by atoms with E-state index < -0.39 is 27.5 Å². The quantitative estimate of drug-likeness (QED) is 0.338. The summed E-state index contributed by atoms with van der Waals surface area (Å²) in [5.74, 6) is -1.44. The van der Waals surface area contributed by atoms with Crippen LogP contribution in [0.2, 0.25) is 10.0 Å². The SMILES string of the molecule is CS(=O)(=NC(=O)Cn1cncn1)c1ccc(C(=O)Nc2ccc(Cl)cc2C(=O)Nc2ccc(Cl)cn2)cc1. The van der Waals surface area contributed by atoms with E-state index in [0.717, 1.165) is 0 Å². The Hall–Kier alpha value is -4.13. The fourth-order valence-electron chi connectivity index (χ4n) is 3.23. The van der Waals surface area contributed by atoms with Gasteiger partial charge in [0, 0.05) is 27.9 Å². The predicted octanol–water partition coefficient (Wildman–Crippen LogP) is 4.17. The first-order valence-corrected chi connectivity index (χ1v) is 13.5. The van der Waals surface area contributed by atoms with Gasteiger partial charge in [-0.3, -0.25) is 14.4 Å². The zero-order chi connectivity index (χ0) is 27.3. The van der Waals surface area contributed by atoms with Crippen LogP contribution in [0, 0.1) is 0 Å². The maximum Gasteiger partial charge on any atom is 0.275 e. The lowest BCUT2D eigenvalue weighted by Crippen LogP contribution is -2.19. The first-order chi connectivity index (χ1) is 18.1. The number of aromatic nitrogens is 4. The van der Waals surface area contributed by atoms with E-state index in [2.05, 4.69) is 30.1 Å². The second-order valence-electron chi connectivity index (χ2n) is 7.86. The van der Waals surface area contributed by atoms with Crippen LogP contribution in [-0.4, -0.2) is 47.9 Å². The Kier molecular flexibility index (Phi) is 8.15. The molecule has 2 N–H and O–H groups in total. The number of benzene rings is 2.